The number of nitrogens with one attached hydrogen (secondary N) is 1. The van der Waals surface area contributed by atoms with Crippen molar-refractivity contribution in [3.63, 3.8) is 0 Å². The SMILES string of the molecule is CCNc1ccccc(C(=O)/C=C/c2ccc(OCC)cc2)c1=O. The molecule has 0 aromatic heterocycles. The Hall–Kier alpha value is -2.88. The first-order valence-corrected chi connectivity index (χ1v) is 7.98. The molecule has 2 aromatic rings. The molecule has 124 valence electrons. The zero-order valence-electron chi connectivity index (χ0n) is 13.9. The molecule has 0 aliphatic carbocycles. The summed E-state index contributed by atoms with van der Waals surface area (Å²) < 4.78 is 5.38. The Morgan fingerprint density at radius 2 is 1.79 bits per heavy atom. The van der Waals surface area contributed by atoms with Gasteiger partial charge in [0.1, 0.15) is 5.75 Å². The Kier molecular flexibility index (Phi) is 6.32. The minimum absolute atomic E-state index is 0.151. The molecule has 24 heavy (non-hydrogen) atoms. The number of rotatable bonds is 7. The summed E-state index contributed by atoms with van der Waals surface area (Å²) in [5.74, 6) is 0.470. The molecule has 0 saturated carbocycles. The van der Waals surface area contributed by atoms with E-state index in [1.165, 1.54) is 6.08 Å². The van der Waals surface area contributed by atoms with Crippen LogP contribution in [0.15, 0.2) is 59.4 Å². The van der Waals surface area contributed by atoms with Gasteiger partial charge in [0.2, 0.25) is 5.43 Å². The van der Waals surface area contributed by atoms with E-state index in [0.29, 0.717) is 18.8 Å². The number of hydrogen-bond acceptors (Lipinski definition) is 4. The zero-order chi connectivity index (χ0) is 17.4. The monoisotopic (exact) mass is 323 g/mol. The van der Waals surface area contributed by atoms with Crippen LogP contribution in [0.1, 0.15) is 29.8 Å². The summed E-state index contributed by atoms with van der Waals surface area (Å²) in [6, 6.07) is 14.1. The normalized spacial score (nSPS) is 10.6. The van der Waals surface area contributed by atoms with Gasteiger partial charge in [-0.2, -0.15) is 0 Å². The van der Waals surface area contributed by atoms with Crippen molar-refractivity contribution in [3.05, 3.63) is 76.0 Å². The standard InChI is InChI=1S/C20H21NO3/c1-3-21-18-8-6-5-7-17(20(18)23)19(22)14-11-15-9-12-16(13-10-15)24-4-2/h5-14H,3-4H2,1-2H3,(H,21,23)/b14-11+. The minimum Gasteiger partial charge on any atom is -0.494 e. The minimum atomic E-state index is -0.316. The molecular formula is C20H21NO3. The highest BCUT2D eigenvalue weighted by Crippen LogP contribution is 2.13. The number of anilines is 1. The fraction of sp³-hybridized carbons (Fsp3) is 0.200. The number of benzene rings is 1. The van der Waals surface area contributed by atoms with Gasteiger partial charge in [0.15, 0.2) is 5.78 Å². The summed E-state index contributed by atoms with van der Waals surface area (Å²) in [6.07, 6.45) is 3.11. The lowest BCUT2D eigenvalue weighted by Gasteiger charge is -2.02. The first kappa shape index (κ1) is 17.5. The molecule has 0 fully saturated rings. The summed E-state index contributed by atoms with van der Waals surface area (Å²) in [7, 11) is 0. The molecule has 0 unspecified atom stereocenters. The van der Waals surface area contributed by atoms with Crippen molar-refractivity contribution in [2.75, 3.05) is 18.5 Å². The average Bonchev–Trinajstić information content (AvgIpc) is 2.77. The third-order valence-electron chi connectivity index (χ3n) is 3.38. The molecule has 0 saturated heterocycles. The van der Waals surface area contributed by atoms with E-state index in [9.17, 15) is 9.59 Å². The van der Waals surface area contributed by atoms with Gasteiger partial charge in [-0.15, -0.1) is 0 Å². The van der Waals surface area contributed by atoms with Crippen molar-refractivity contribution in [1.82, 2.24) is 0 Å². The molecule has 2 rings (SSSR count). The Bertz CT molecular complexity index is 780. The lowest BCUT2D eigenvalue weighted by Crippen LogP contribution is -2.15. The van der Waals surface area contributed by atoms with Gasteiger partial charge in [-0.05, 0) is 49.8 Å². The topological polar surface area (TPSA) is 55.4 Å². The van der Waals surface area contributed by atoms with E-state index < -0.39 is 0 Å². The van der Waals surface area contributed by atoms with Crippen LogP contribution in [0.4, 0.5) is 5.69 Å². The highest BCUT2D eigenvalue weighted by atomic mass is 16.5. The zero-order valence-corrected chi connectivity index (χ0v) is 13.9. The maximum absolute atomic E-state index is 12.4. The van der Waals surface area contributed by atoms with Crippen LogP contribution in [0.25, 0.3) is 6.08 Å². The maximum atomic E-state index is 12.4. The summed E-state index contributed by atoms with van der Waals surface area (Å²) >= 11 is 0. The number of carbonyl (C=O) groups is 1. The quantitative estimate of drug-likeness (QED) is 0.622. The Morgan fingerprint density at radius 3 is 2.46 bits per heavy atom. The number of allylic oxidation sites excluding steroid dienone is 1. The second kappa shape index (κ2) is 8.67. The van der Waals surface area contributed by atoms with Crippen LogP contribution in [0, 0.1) is 0 Å². The van der Waals surface area contributed by atoms with E-state index in [2.05, 4.69) is 5.32 Å². The van der Waals surface area contributed by atoms with Gasteiger partial charge < -0.3 is 10.1 Å². The van der Waals surface area contributed by atoms with Gasteiger partial charge in [-0.1, -0.05) is 30.3 Å². The van der Waals surface area contributed by atoms with Crippen molar-refractivity contribution in [3.8, 4) is 5.75 Å². The molecule has 1 N–H and O–H groups in total. The van der Waals surface area contributed by atoms with E-state index >= 15 is 0 Å². The predicted molar refractivity (Wildman–Crippen MR) is 97.9 cm³/mol. The third-order valence-corrected chi connectivity index (χ3v) is 3.38. The van der Waals surface area contributed by atoms with E-state index in [1.807, 2.05) is 38.1 Å². The summed E-state index contributed by atoms with van der Waals surface area (Å²) in [5, 5.41) is 2.98. The van der Waals surface area contributed by atoms with Crippen molar-refractivity contribution in [2.24, 2.45) is 0 Å². The lowest BCUT2D eigenvalue weighted by molar-refractivity contribution is 0.104. The first-order valence-electron chi connectivity index (χ1n) is 7.98. The molecular weight excluding hydrogens is 302 g/mol. The van der Waals surface area contributed by atoms with Crippen molar-refractivity contribution in [1.29, 1.82) is 0 Å². The Labute approximate surface area is 141 Å². The van der Waals surface area contributed by atoms with Gasteiger partial charge >= 0.3 is 0 Å². The second-order valence-electron chi connectivity index (χ2n) is 5.10. The molecule has 0 aliphatic rings. The fourth-order valence-corrected chi connectivity index (χ4v) is 2.23. The molecule has 0 bridgehead atoms. The molecule has 2 aromatic carbocycles. The number of carbonyl (C=O) groups excluding carboxylic acids is 1. The van der Waals surface area contributed by atoms with E-state index in [1.54, 1.807) is 30.3 Å². The molecule has 0 aliphatic heterocycles. The summed E-state index contributed by atoms with van der Waals surface area (Å²) in [4.78, 5) is 24.8. The van der Waals surface area contributed by atoms with Crippen LogP contribution < -0.4 is 15.5 Å². The predicted octanol–water partition coefficient (Wildman–Crippen LogP) is 3.77. The largest absolute Gasteiger partial charge is 0.494 e. The number of hydrogen-bond donors (Lipinski definition) is 1. The van der Waals surface area contributed by atoms with Gasteiger partial charge in [0.25, 0.3) is 0 Å². The van der Waals surface area contributed by atoms with Crippen LogP contribution in [0.5, 0.6) is 5.75 Å². The highest BCUT2D eigenvalue weighted by Gasteiger charge is 2.08. The summed E-state index contributed by atoms with van der Waals surface area (Å²) in [6.45, 7) is 5.06. The molecule has 0 atom stereocenters. The molecule has 4 nitrogen and oxygen atoms in total. The molecule has 0 spiro atoms. The van der Waals surface area contributed by atoms with Gasteiger partial charge in [-0.3, -0.25) is 9.59 Å². The van der Waals surface area contributed by atoms with E-state index in [4.69, 9.17) is 4.74 Å². The average molecular weight is 323 g/mol. The molecule has 0 amide bonds. The van der Waals surface area contributed by atoms with Crippen molar-refractivity contribution >= 4 is 17.5 Å². The molecule has 0 heterocycles. The van der Waals surface area contributed by atoms with Crippen molar-refractivity contribution in [2.45, 2.75) is 13.8 Å². The van der Waals surface area contributed by atoms with Crippen molar-refractivity contribution < 1.29 is 9.53 Å². The first-order chi connectivity index (χ1) is 11.7. The van der Waals surface area contributed by atoms with E-state index in [0.717, 1.165) is 11.3 Å². The van der Waals surface area contributed by atoms with Crippen LogP contribution in [0.2, 0.25) is 0 Å². The second-order valence-corrected chi connectivity index (χ2v) is 5.10. The smallest absolute Gasteiger partial charge is 0.212 e. The van der Waals surface area contributed by atoms with Crippen LogP contribution >= 0.6 is 0 Å². The van der Waals surface area contributed by atoms with Crippen LogP contribution in [-0.4, -0.2) is 18.9 Å². The Balaban J connectivity index is 2.22. The van der Waals surface area contributed by atoms with E-state index in [-0.39, 0.29) is 16.8 Å². The highest BCUT2D eigenvalue weighted by molar-refractivity contribution is 6.07. The van der Waals surface area contributed by atoms with Crippen LogP contribution in [0.3, 0.4) is 0 Å². The molecule has 0 radical (unpaired) electrons. The lowest BCUT2D eigenvalue weighted by atomic mass is 10.1. The third kappa shape index (κ3) is 4.56. The number of ketones is 1. The van der Waals surface area contributed by atoms with Gasteiger partial charge in [0, 0.05) is 6.54 Å². The molecule has 4 heteroatoms. The maximum Gasteiger partial charge on any atom is 0.212 e. The van der Waals surface area contributed by atoms with Gasteiger partial charge in [-0.25, -0.2) is 0 Å². The summed E-state index contributed by atoms with van der Waals surface area (Å²) in [5.41, 5.74) is 1.16. The number of ether oxygens (including phenoxy) is 1. The van der Waals surface area contributed by atoms with Gasteiger partial charge in [0.05, 0.1) is 17.9 Å². The Morgan fingerprint density at radius 1 is 1.08 bits per heavy atom. The van der Waals surface area contributed by atoms with Crippen LogP contribution in [-0.2, 0) is 0 Å². The fourth-order valence-electron chi connectivity index (χ4n) is 2.23.